The zero-order valence-corrected chi connectivity index (χ0v) is 28.0. The van der Waals surface area contributed by atoms with Crippen molar-refractivity contribution in [3.05, 3.63) is 39.7 Å². The number of esters is 1. The van der Waals surface area contributed by atoms with Gasteiger partial charge in [-0.1, -0.05) is 35.3 Å². The maximum Gasteiger partial charge on any atom is 0.375 e. The van der Waals surface area contributed by atoms with Crippen LogP contribution >= 0.6 is 34.9 Å². The molecule has 0 radical (unpaired) electrons. The third kappa shape index (κ3) is 7.85. The number of thiazole rings is 1. The maximum atomic E-state index is 13.1. The van der Waals surface area contributed by atoms with Crippen molar-refractivity contribution in [3.63, 3.8) is 0 Å². The lowest BCUT2D eigenvalue weighted by Crippen LogP contribution is -2.70. The number of nitrogens with two attached hydrogens (primary N) is 1. The largest absolute Gasteiger partial charge is 0.481 e. The van der Waals surface area contributed by atoms with E-state index in [9.17, 15) is 29.1 Å². The summed E-state index contributed by atoms with van der Waals surface area (Å²) >= 11 is 3.32. The number of aliphatic carboxylic acids is 2. The number of carbonyl (C=O) groups excluding carboxylic acids is 3. The van der Waals surface area contributed by atoms with Crippen LogP contribution in [0.5, 0.6) is 0 Å². The zero-order chi connectivity index (χ0) is 34.5. The number of nitrogens with one attached hydrogen (secondary N) is 1. The number of aryl methyl sites for hydroxylation is 1. The summed E-state index contributed by atoms with van der Waals surface area (Å²) in [6.45, 7) is 11.1. The molecule has 2 aromatic rings. The van der Waals surface area contributed by atoms with Crippen molar-refractivity contribution in [3.8, 4) is 0 Å². The minimum Gasteiger partial charge on any atom is -0.481 e. The molecule has 17 nitrogen and oxygen atoms in total. The number of fused-ring (bicyclic) bond motifs is 1. The summed E-state index contributed by atoms with van der Waals surface area (Å²) in [6, 6.07) is -1.05. The van der Waals surface area contributed by atoms with Gasteiger partial charge in [-0.2, -0.15) is 4.98 Å². The van der Waals surface area contributed by atoms with E-state index in [1.807, 2.05) is 0 Å². The van der Waals surface area contributed by atoms with Crippen molar-refractivity contribution in [2.24, 2.45) is 10.6 Å². The molecule has 46 heavy (non-hydrogen) atoms. The molecule has 2 amide bonds. The van der Waals surface area contributed by atoms with E-state index in [-0.39, 0.29) is 39.0 Å². The second kappa shape index (κ2) is 14.8. The number of nitrogens with zero attached hydrogens (tertiary/aromatic N) is 6. The minimum atomic E-state index is -1.34. The fourth-order valence-electron chi connectivity index (χ4n) is 3.71. The van der Waals surface area contributed by atoms with Crippen LogP contribution < -0.4 is 11.1 Å². The first-order chi connectivity index (χ1) is 21.5. The Kier molecular flexibility index (Phi) is 11.6. The number of carbonyl (C=O) groups is 5. The van der Waals surface area contributed by atoms with Crippen molar-refractivity contribution in [2.75, 3.05) is 25.7 Å². The standard InChI is InChI=1S/C21H22N8O7S3.C5H10O2/c1-5-28-14(19(34)35-3)25-21(26-28)38-6-9-8(2)39-17-12(16(31)29(17)13(9)18(32)33)24-15(30)11(27-36-4)10-7-37-20(22)23-10;1-5(2,3)4(6)7/h7,12,17H,2,5-6H2,1,3-4H3,(H2,22,23)(H,24,30)(H,32,33);1-3H3,(H,6,7)/b27-11-;/t12-,17-;/m1./s1. The lowest BCUT2D eigenvalue weighted by atomic mass is 9.98. The summed E-state index contributed by atoms with van der Waals surface area (Å²) in [5.74, 6) is -4.04. The molecule has 4 heterocycles. The Labute approximate surface area is 275 Å². The molecule has 2 aromatic heterocycles. The number of oxime groups is 1. The van der Waals surface area contributed by atoms with Crippen molar-refractivity contribution in [2.45, 2.75) is 50.8 Å². The second-order valence-corrected chi connectivity index (χ2v) is 13.3. The van der Waals surface area contributed by atoms with Gasteiger partial charge in [0, 0.05) is 28.2 Å². The topological polar surface area (TPSA) is 242 Å². The van der Waals surface area contributed by atoms with Gasteiger partial charge in [-0.15, -0.1) is 16.4 Å². The molecule has 4 rings (SSSR count). The number of methoxy groups -OCH3 is 1. The van der Waals surface area contributed by atoms with Gasteiger partial charge in [0.05, 0.1) is 12.5 Å². The smallest absolute Gasteiger partial charge is 0.375 e. The Morgan fingerprint density at radius 3 is 2.37 bits per heavy atom. The predicted molar refractivity (Wildman–Crippen MR) is 169 cm³/mol. The molecule has 0 aliphatic carbocycles. The number of amides is 2. The number of β-lactam (4-membered cyclic amide) rings is 1. The van der Waals surface area contributed by atoms with Gasteiger partial charge in [-0.05, 0) is 27.7 Å². The third-order valence-corrected chi connectivity index (χ3v) is 8.92. The van der Waals surface area contributed by atoms with Gasteiger partial charge in [-0.25, -0.2) is 19.3 Å². The van der Waals surface area contributed by atoms with Crippen LogP contribution in [0.1, 0.15) is 44.0 Å². The van der Waals surface area contributed by atoms with E-state index in [0.29, 0.717) is 17.0 Å². The quantitative estimate of drug-likeness (QED) is 0.0907. The molecular formula is C26H32N8O9S3. The second-order valence-electron chi connectivity index (χ2n) is 10.3. The molecule has 1 saturated heterocycles. The Morgan fingerprint density at radius 2 is 1.87 bits per heavy atom. The number of ether oxygens (including phenoxy) is 1. The van der Waals surface area contributed by atoms with E-state index < -0.39 is 46.6 Å². The average Bonchev–Trinajstić information content (AvgIpc) is 3.62. The van der Waals surface area contributed by atoms with Gasteiger partial charge < -0.3 is 30.8 Å². The summed E-state index contributed by atoms with van der Waals surface area (Å²) in [5.41, 5.74) is 5.07. The first kappa shape index (κ1) is 36.0. The van der Waals surface area contributed by atoms with Gasteiger partial charge in [0.2, 0.25) is 11.0 Å². The minimum absolute atomic E-state index is 0.0140. The summed E-state index contributed by atoms with van der Waals surface area (Å²) in [7, 11) is 2.48. The highest BCUT2D eigenvalue weighted by Crippen LogP contribution is 2.46. The third-order valence-electron chi connectivity index (χ3n) is 6.13. The lowest BCUT2D eigenvalue weighted by molar-refractivity contribution is -0.150. The van der Waals surface area contributed by atoms with Crippen molar-refractivity contribution in [1.82, 2.24) is 30.0 Å². The fourth-order valence-corrected chi connectivity index (χ4v) is 6.48. The number of anilines is 1. The van der Waals surface area contributed by atoms with E-state index >= 15 is 0 Å². The van der Waals surface area contributed by atoms with Gasteiger partial charge in [0.15, 0.2) is 10.8 Å². The number of carboxylic acid groups (broad SMARTS) is 2. The molecule has 248 valence electrons. The highest BCUT2D eigenvalue weighted by atomic mass is 32.2. The van der Waals surface area contributed by atoms with Gasteiger partial charge in [-0.3, -0.25) is 19.3 Å². The predicted octanol–water partition coefficient (Wildman–Crippen LogP) is 1.64. The van der Waals surface area contributed by atoms with E-state index in [1.165, 1.54) is 24.3 Å². The Balaban J connectivity index is 0.000000738. The van der Waals surface area contributed by atoms with Crippen LogP contribution in [0.25, 0.3) is 0 Å². The first-order valence-corrected chi connectivity index (χ1v) is 16.0. The SMILES string of the molecule is C=C1S[C@@H]2[C@H](NC(=O)/C(=N\OC)c3csc(N)n3)C(=O)N2C(C(=O)O)=C1CSc1nc(C(=O)OC)n(CC)n1.CC(C)(C)C(=O)O. The van der Waals surface area contributed by atoms with E-state index in [2.05, 4.69) is 32.1 Å². The van der Waals surface area contributed by atoms with Crippen LogP contribution in [0, 0.1) is 5.41 Å². The number of aromatic nitrogens is 4. The molecule has 0 spiro atoms. The monoisotopic (exact) mass is 696 g/mol. The number of carboxylic acids is 2. The summed E-state index contributed by atoms with van der Waals surface area (Å²) in [4.78, 5) is 74.6. The summed E-state index contributed by atoms with van der Waals surface area (Å²) in [5, 5.41) is 30.0. The van der Waals surface area contributed by atoms with Crippen LogP contribution in [0.2, 0.25) is 0 Å². The molecular weight excluding hydrogens is 665 g/mol. The molecule has 2 aliphatic heterocycles. The molecule has 1 fully saturated rings. The van der Waals surface area contributed by atoms with Crippen LogP contribution in [-0.4, -0.2) is 102 Å². The van der Waals surface area contributed by atoms with Gasteiger partial charge in [0.1, 0.15) is 29.9 Å². The number of nitrogen functional groups attached to an aromatic ring is 1. The van der Waals surface area contributed by atoms with Gasteiger partial charge in [0.25, 0.3) is 11.8 Å². The highest BCUT2D eigenvalue weighted by molar-refractivity contribution is 8.04. The van der Waals surface area contributed by atoms with Crippen LogP contribution in [0.3, 0.4) is 0 Å². The van der Waals surface area contributed by atoms with Crippen LogP contribution in [0.4, 0.5) is 5.13 Å². The highest BCUT2D eigenvalue weighted by Gasteiger charge is 2.55. The van der Waals surface area contributed by atoms with Crippen LogP contribution in [0.15, 0.2) is 38.4 Å². The number of rotatable bonds is 10. The van der Waals surface area contributed by atoms with E-state index in [4.69, 9.17) is 20.4 Å². The van der Waals surface area contributed by atoms with Gasteiger partial charge >= 0.3 is 17.9 Å². The van der Waals surface area contributed by atoms with E-state index in [1.54, 1.807) is 27.7 Å². The molecule has 2 atom stereocenters. The van der Waals surface area contributed by atoms with E-state index in [0.717, 1.165) is 39.8 Å². The molecule has 0 bridgehead atoms. The number of hydrogen-bond acceptors (Lipinski definition) is 15. The van der Waals surface area contributed by atoms with Crippen molar-refractivity contribution < 1.29 is 43.8 Å². The molecule has 0 saturated carbocycles. The maximum absolute atomic E-state index is 13.1. The Hall–Kier alpha value is -4.43. The average molecular weight is 697 g/mol. The van der Waals surface area contributed by atoms with Crippen molar-refractivity contribution in [1.29, 1.82) is 0 Å². The summed E-state index contributed by atoms with van der Waals surface area (Å²) < 4.78 is 6.09. The molecule has 0 unspecified atom stereocenters. The normalized spacial score (nSPS) is 17.8. The van der Waals surface area contributed by atoms with Crippen LogP contribution in [-0.2, 0) is 35.3 Å². The Bertz CT molecular complexity index is 1630. The molecule has 5 N–H and O–H groups in total. The zero-order valence-electron chi connectivity index (χ0n) is 25.6. The summed E-state index contributed by atoms with van der Waals surface area (Å²) in [6.07, 6.45) is 0. The molecule has 2 aliphatic rings. The number of hydrogen-bond donors (Lipinski definition) is 4. The lowest BCUT2D eigenvalue weighted by Gasteiger charge is -2.49. The Morgan fingerprint density at radius 1 is 1.22 bits per heavy atom. The molecule has 0 aromatic carbocycles. The number of allylic oxidation sites excluding steroid dienone is 1. The molecule has 20 heteroatoms. The first-order valence-electron chi connectivity index (χ1n) is 13.2. The van der Waals surface area contributed by atoms with Crippen molar-refractivity contribution >= 4 is 75.4 Å². The number of thioether (sulfide) groups is 2. The fraction of sp³-hybridized carbons (Fsp3) is 0.423.